The number of esters is 1. The molecule has 1 fully saturated rings. The highest BCUT2D eigenvalue weighted by Gasteiger charge is 2.21. The van der Waals surface area contributed by atoms with E-state index in [1.54, 1.807) is 0 Å². The van der Waals surface area contributed by atoms with Crippen molar-refractivity contribution in [1.29, 1.82) is 0 Å². The van der Waals surface area contributed by atoms with Gasteiger partial charge in [0.25, 0.3) is 0 Å². The molecule has 0 amide bonds. The van der Waals surface area contributed by atoms with Crippen LogP contribution in [0.3, 0.4) is 0 Å². The smallest absolute Gasteiger partial charge is 0.337 e. The van der Waals surface area contributed by atoms with E-state index in [-0.39, 0.29) is 18.4 Å². The minimum atomic E-state index is -0.285. The van der Waals surface area contributed by atoms with Crippen LogP contribution in [0.5, 0.6) is 0 Å². The largest absolute Gasteiger partial charge is 0.465 e. The lowest BCUT2D eigenvalue weighted by atomic mass is 9.97. The summed E-state index contributed by atoms with van der Waals surface area (Å²) < 4.78 is 7.44. The Balaban J connectivity index is 0.00000272. The van der Waals surface area contributed by atoms with Crippen molar-refractivity contribution in [3.05, 3.63) is 70.9 Å². The van der Waals surface area contributed by atoms with Gasteiger partial charge in [0.1, 0.15) is 0 Å². The van der Waals surface area contributed by atoms with E-state index in [0.717, 1.165) is 44.8 Å². The Morgan fingerprint density at radius 1 is 1.10 bits per heavy atom. The van der Waals surface area contributed by atoms with Crippen molar-refractivity contribution in [2.75, 3.05) is 20.2 Å². The molecule has 0 unspecified atom stereocenters. The fourth-order valence-electron chi connectivity index (χ4n) is 4.76. The Hall–Kier alpha value is -2.30. The molecular formula is C26H33ClN2O2. The minimum absolute atomic E-state index is 0. The monoisotopic (exact) mass is 440 g/mol. The van der Waals surface area contributed by atoms with Gasteiger partial charge in [0.15, 0.2) is 0 Å². The van der Waals surface area contributed by atoms with Gasteiger partial charge in [-0.1, -0.05) is 43.7 Å². The third kappa shape index (κ3) is 5.13. The molecule has 4 rings (SSSR count). The van der Waals surface area contributed by atoms with E-state index in [2.05, 4.69) is 53.2 Å². The van der Waals surface area contributed by atoms with E-state index < -0.39 is 0 Å². The molecule has 2 heterocycles. The number of ether oxygens (including phenoxy) is 1. The number of aromatic nitrogens is 1. The number of halogens is 1. The van der Waals surface area contributed by atoms with Gasteiger partial charge in [0.2, 0.25) is 0 Å². The van der Waals surface area contributed by atoms with Crippen LogP contribution in [0.15, 0.2) is 48.5 Å². The van der Waals surface area contributed by atoms with E-state index >= 15 is 0 Å². The maximum Gasteiger partial charge on any atom is 0.337 e. The van der Waals surface area contributed by atoms with Crippen molar-refractivity contribution in [1.82, 2.24) is 9.88 Å². The first-order valence-electron chi connectivity index (χ1n) is 11.2. The molecule has 1 aliphatic rings. The van der Waals surface area contributed by atoms with Crippen LogP contribution in [0.25, 0.3) is 10.9 Å². The maximum absolute atomic E-state index is 11.8. The Morgan fingerprint density at radius 2 is 1.81 bits per heavy atom. The molecule has 0 saturated carbocycles. The summed E-state index contributed by atoms with van der Waals surface area (Å²) in [7, 11) is 1.42. The second-order valence-electron chi connectivity index (χ2n) is 8.36. The van der Waals surface area contributed by atoms with Crippen LogP contribution < -0.4 is 5.32 Å². The number of hydrogen-bond acceptors (Lipinski definition) is 3. The van der Waals surface area contributed by atoms with Crippen LogP contribution in [0.4, 0.5) is 0 Å². The van der Waals surface area contributed by atoms with E-state index in [0.29, 0.717) is 5.56 Å². The van der Waals surface area contributed by atoms with Crippen LogP contribution in [0, 0.1) is 5.92 Å². The summed E-state index contributed by atoms with van der Waals surface area (Å²) in [5.74, 6) is 0.455. The molecular weight excluding hydrogens is 408 g/mol. The first-order chi connectivity index (χ1) is 14.7. The zero-order valence-electron chi connectivity index (χ0n) is 18.5. The Morgan fingerprint density at radius 3 is 2.48 bits per heavy atom. The summed E-state index contributed by atoms with van der Waals surface area (Å²) >= 11 is 0. The zero-order chi connectivity index (χ0) is 20.9. The number of para-hydroxylation sites is 1. The molecule has 5 heteroatoms. The normalized spacial score (nSPS) is 14.4. The fraction of sp³-hybridized carbons (Fsp3) is 0.423. The van der Waals surface area contributed by atoms with E-state index in [1.807, 2.05) is 12.1 Å². The number of nitrogens with one attached hydrogen (secondary N) is 1. The van der Waals surface area contributed by atoms with Crippen molar-refractivity contribution in [3.63, 3.8) is 0 Å². The molecule has 4 nitrogen and oxygen atoms in total. The average molecular weight is 441 g/mol. The minimum Gasteiger partial charge on any atom is -0.465 e. The first-order valence-corrected chi connectivity index (χ1v) is 11.2. The number of carbonyl (C=O) groups is 1. The van der Waals surface area contributed by atoms with Crippen molar-refractivity contribution in [2.45, 2.75) is 45.6 Å². The first kappa shape index (κ1) is 23.4. The molecule has 1 aromatic heterocycles. The van der Waals surface area contributed by atoms with E-state index in [1.165, 1.54) is 47.7 Å². The lowest BCUT2D eigenvalue weighted by Crippen LogP contribution is -2.30. The SMILES string of the molecule is CCCc1c(Cc2ccc(C(=O)OC)cc2)c2ccccc2n1CC1CCNCC1.Cl. The van der Waals surface area contributed by atoms with Gasteiger partial charge >= 0.3 is 5.97 Å². The van der Waals surface area contributed by atoms with Gasteiger partial charge < -0.3 is 14.6 Å². The van der Waals surface area contributed by atoms with Crippen LogP contribution >= 0.6 is 12.4 Å². The molecule has 31 heavy (non-hydrogen) atoms. The maximum atomic E-state index is 11.8. The number of hydrogen-bond donors (Lipinski definition) is 1. The van der Waals surface area contributed by atoms with Gasteiger partial charge in [-0.3, -0.25) is 0 Å². The molecule has 0 spiro atoms. The summed E-state index contributed by atoms with van der Waals surface area (Å²) in [6, 6.07) is 16.7. The lowest BCUT2D eigenvalue weighted by molar-refractivity contribution is 0.0600. The lowest BCUT2D eigenvalue weighted by Gasteiger charge is -2.25. The number of rotatable bonds is 7. The van der Waals surface area contributed by atoms with Gasteiger partial charge in [0, 0.05) is 23.1 Å². The van der Waals surface area contributed by atoms with Gasteiger partial charge in [-0.2, -0.15) is 0 Å². The molecule has 0 bridgehead atoms. The molecule has 0 atom stereocenters. The Labute approximate surface area is 191 Å². The summed E-state index contributed by atoms with van der Waals surface area (Å²) in [5, 5.41) is 4.86. The van der Waals surface area contributed by atoms with Gasteiger partial charge in [-0.25, -0.2) is 4.79 Å². The number of methoxy groups -OCH3 is 1. The molecule has 3 aromatic rings. The summed E-state index contributed by atoms with van der Waals surface area (Å²) in [4.78, 5) is 11.8. The van der Waals surface area contributed by atoms with Crippen molar-refractivity contribution < 1.29 is 9.53 Å². The van der Waals surface area contributed by atoms with E-state index in [9.17, 15) is 4.79 Å². The van der Waals surface area contributed by atoms with Crippen molar-refractivity contribution in [2.24, 2.45) is 5.92 Å². The van der Waals surface area contributed by atoms with Gasteiger partial charge in [0.05, 0.1) is 12.7 Å². The summed E-state index contributed by atoms with van der Waals surface area (Å²) in [6.45, 7) is 5.64. The molecule has 166 valence electrons. The van der Waals surface area contributed by atoms with Crippen LogP contribution in [0.1, 0.15) is 53.4 Å². The van der Waals surface area contributed by atoms with Crippen molar-refractivity contribution >= 4 is 29.3 Å². The molecule has 2 aromatic carbocycles. The number of benzene rings is 2. The number of nitrogens with zero attached hydrogens (tertiary/aromatic N) is 1. The predicted molar refractivity (Wildman–Crippen MR) is 129 cm³/mol. The average Bonchev–Trinajstić information content (AvgIpc) is 3.07. The van der Waals surface area contributed by atoms with Gasteiger partial charge in [-0.15, -0.1) is 12.4 Å². The number of piperidine rings is 1. The molecule has 1 aliphatic heterocycles. The highest BCUT2D eigenvalue weighted by Crippen LogP contribution is 2.31. The van der Waals surface area contributed by atoms with E-state index in [4.69, 9.17) is 4.74 Å². The molecule has 0 radical (unpaired) electrons. The molecule has 1 N–H and O–H groups in total. The second-order valence-corrected chi connectivity index (χ2v) is 8.36. The van der Waals surface area contributed by atoms with Crippen LogP contribution in [-0.4, -0.2) is 30.7 Å². The Bertz CT molecular complexity index is 1000. The summed E-state index contributed by atoms with van der Waals surface area (Å²) in [5.41, 5.74) is 6.11. The fourth-order valence-corrected chi connectivity index (χ4v) is 4.76. The Kier molecular flexibility index (Phi) is 8.16. The standard InChI is InChI=1S/C26H32N2O2.ClH/c1-3-6-24-23(17-19-9-11-21(12-10-19)26(29)30-2)22-7-4-5-8-25(22)28(24)18-20-13-15-27-16-14-20;/h4-5,7-12,20,27H,3,6,13-18H2,1-2H3;1H. The highest BCUT2D eigenvalue weighted by molar-refractivity contribution is 5.89. The quantitative estimate of drug-likeness (QED) is 0.500. The molecule has 0 aliphatic carbocycles. The predicted octanol–water partition coefficient (Wildman–Crippen LogP) is 5.39. The molecule has 1 saturated heterocycles. The highest BCUT2D eigenvalue weighted by atomic mass is 35.5. The van der Waals surface area contributed by atoms with Gasteiger partial charge in [-0.05, 0) is 74.0 Å². The second kappa shape index (κ2) is 10.8. The van der Waals surface area contributed by atoms with Crippen LogP contribution in [0.2, 0.25) is 0 Å². The third-order valence-electron chi connectivity index (χ3n) is 6.34. The topological polar surface area (TPSA) is 43.3 Å². The van der Waals surface area contributed by atoms with Crippen molar-refractivity contribution in [3.8, 4) is 0 Å². The third-order valence-corrected chi connectivity index (χ3v) is 6.34. The number of carbonyl (C=O) groups excluding carboxylic acids is 1. The number of fused-ring (bicyclic) bond motifs is 1. The summed E-state index contributed by atoms with van der Waals surface area (Å²) in [6.07, 6.45) is 5.62. The van der Waals surface area contributed by atoms with Crippen LogP contribution in [-0.2, 0) is 24.1 Å². The zero-order valence-corrected chi connectivity index (χ0v) is 19.3.